The number of hydrogen-bond donors (Lipinski definition) is 1. The molecule has 5 heteroatoms. The van der Waals surface area contributed by atoms with Crippen molar-refractivity contribution in [3.8, 4) is 5.75 Å². The van der Waals surface area contributed by atoms with Crippen molar-refractivity contribution in [2.24, 2.45) is 0 Å². The molecule has 4 rings (SSSR count). The van der Waals surface area contributed by atoms with Crippen LogP contribution in [-0.4, -0.2) is 22.3 Å². The van der Waals surface area contributed by atoms with E-state index in [1.54, 1.807) is 0 Å². The third kappa shape index (κ3) is 4.43. The molecule has 0 fully saturated rings. The summed E-state index contributed by atoms with van der Waals surface area (Å²) in [4.78, 5) is 15.6. The van der Waals surface area contributed by atoms with E-state index in [1.807, 2.05) is 104 Å². The van der Waals surface area contributed by atoms with Crippen LogP contribution in [0.1, 0.15) is 41.4 Å². The van der Waals surface area contributed by atoms with Crippen molar-refractivity contribution >= 4 is 23.1 Å². The molecular weight excluding hydrogens is 416 g/mol. The largest absolute Gasteiger partial charge is 0.489 e. The smallest absolute Gasteiger partial charge is 0.193 e. The molecule has 3 aromatic rings. The number of ether oxygens (including phenoxy) is 1. The molecule has 162 valence electrons. The molecule has 0 radical (unpaired) electrons. The summed E-state index contributed by atoms with van der Waals surface area (Å²) in [5, 5.41) is 4.01. The van der Waals surface area contributed by atoms with E-state index < -0.39 is 6.04 Å². The highest BCUT2D eigenvalue weighted by molar-refractivity contribution is 7.80. The van der Waals surface area contributed by atoms with E-state index in [0.29, 0.717) is 29.4 Å². The maximum atomic E-state index is 13.6. The fraction of sp³-hybridized carbons (Fsp3) is 0.185. The van der Waals surface area contributed by atoms with Crippen LogP contribution in [-0.2, 0) is 6.61 Å². The molecule has 32 heavy (non-hydrogen) atoms. The first-order valence-electron chi connectivity index (χ1n) is 10.7. The summed E-state index contributed by atoms with van der Waals surface area (Å²) >= 11 is 5.65. The van der Waals surface area contributed by atoms with Gasteiger partial charge in [-0.15, -0.1) is 0 Å². The number of allylic oxidation sites excluding steroid dienone is 1. The third-order valence-corrected chi connectivity index (χ3v) is 6.00. The van der Waals surface area contributed by atoms with Crippen LogP contribution in [0.3, 0.4) is 0 Å². The van der Waals surface area contributed by atoms with E-state index >= 15 is 0 Å². The highest BCUT2D eigenvalue weighted by Gasteiger charge is 2.35. The quantitative estimate of drug-likeness (QED) is 0.377. The van der Waals surface area contributed by atoms with E-state index in [1.165, 1.54) is 0 Å². The van der Waals surface area contributed by atoms with Gasteiger partial charge in [0.1, 0.15) is 12.4 Å². The number of nitrogens with one attached hydrogen (secondary N) is 1. The average Bonchev–Trinajstić information content (AvgIpc) is 2.84. The van der Waals surface area contributed by atoms with Gasteiger partial charge in [-0.1, -0.05) is 78.9 Å². The lowest BCUT2D eigenvalue weighted by atomic mass is 9.88. The zero-order valence-electron chi connectivity index (χ0n) is 18.2. The van der Waals surface area contributed by atoms with Gasteiger partial charge in [-0.25, -0.2) is 0 Å². The predicted octanol–water partition coefficient (Wildman–Crippen LogP) is 5.67. The molecule has 1 N–H and O–H groups in total. The topological polar surface area (TPSA) is 41.6 Å². The normalized spacial score (nSPS) is 16.0. The van der Waals surface area contributed by atoms with Gasteiger partial charge in [-0.05, 0) is 37.7 Å². The summed E-state index contributed by atoms with van der Waals surface area (Å²) < 4.78 is 6.20. The van der Waals surface area contributed by atoms with E-state index in [4.69, 9.17) is 17.0 Å². The Bertz CT molecular complexity index is 1140. The van der Waals surface area contributed by atoms with Crippen LogP contribution in [0.25, 0.3) is 0 Å². The van der Waals surface area contributed by atoms with E-state index in [0.717, 1.165) is 22.6 Å². The van der Waals surface area contributed by atoms with Crippen LogP contribution in [0, 0.1) is 0 Å². The fourth-order valence-electron chi connectivity index (χ4n) is 4.02. The van der Waals surface area contributed by atoms with Gasteiger partial charge < -0.3 is 15.0 Å². The second-order valence-corrected chi connectivity index (χ2v) is 8.02. The second-order valence-electron chi connectivity index (χ2n) is 7.63. The highest BCUT2D eigenvalue weighted by Crippen LogP contribution is 2.37. The van der Waals surface area contributed by atoms with Crippen LogP contribution >= 0.6 is 12.2 Å². The van der Waals surface area contributed by atoms with Gasteiger partial charge in [-0.2, -0.15) is 0 Å². The van der Waals surface area contributed by atoms with Gasteiger partial charge in [0.05, 0.1) is 6.04 Å². The van der Waals surface area contributed by atoms with Crippen LogP contribution < -0.4 is 10.1 Å². The molecule has 0 saturated carbocycles. The first-order chi connectivity index (χ1) is 15.6. The number of nitrogens with zero attached hydrogens (tertiary/aromatic N) is 1. The summed E-state index contributed by atoms with van der Waals surface area (Å²) in [6.07, 6.45) is 0. The zero-order chi connectivity index (χ0) is 22.5. The van der Waals surface area contributed by atoms with Gasteiger partial charge in [-0.3, -0.25) is 4.79 Å². The Morgan fingerprint density at radius 1 is 0.969 bits per heavy atom. The van der Waals surface area contributed by atoms with Crippen molar-refractivity contribution in [2.75, 3.05) is 6.54 Å². The molecule has 1 atom stereocenters. The van der Waals surface area contributed by atoms with Gasteiger partial charge in [0, 0.05) is 28.9 Å². The average molecular weight is 443 g/mol. The zero-order valence-corrected chi connectivity index (χ0v) is 19.1. The van der Waals surface area contributed by atoms with Gasteiger partial charge in [0.25, 0.3) is 0 Å². The monoisotopic (exact) mass is 442 g/mol. The number of hydrogen-bond acceptors (Lipinski definition) is 3. The first-order valence-corrected chi connectivity index (χ1v) is 11.1. The minimum atomic E-state index is -0.398. The predicted molar refractivity (Wildman–Crippen MR) is 132 cm³/mol. The second kappa shape index (κ2) is 9.79. The number of benzene rings is 3. The van der Waals surface area contributed by atoms with E-state index in [-0.39, 0.29) is 5.78 Å². The molecule has 1 aliphatic heterocycles. The Morgan fingerprint density at radius 2 is 1.59 bits per heavy atom. The van der Waals surface area contributed by atoms with Crippen LogP contribution in [0.15, 0.2) is 96.2 Å². The van der Waals surface area contributed by atoms with Crippen molar-refractivity contribution < 1.29 is 9.53 Å². The molecule has 0 aliphatic carbocycles. The van der Waals surface area contributed by atoms with Crippen LogP contribution in [0.2, 0.25) is 0 Å². The maximum Gasteiger partial charge on any atom is 0.193 e. The summed E-state index contributed by atoms with van der Waals surface area (Å²) in [6.45, 7) is 5.12. The Balaban J connectivity index is 1.75. The standard InChI is InChI=1S/C27H26N2O2S/c1-3-29-19(2)24(26(30)21-14-8-5-9-15-21)25(28-27(29)32)22-16-10-11-17-23(22)31-18-20-12-6-4-7-13-20/h4-17,25H,3,18H2,1-2H3,(H,28,32). The lowest BCUT2D eigenvalue weighted by Crippen LogP contribution is -2.47. The molecule has 0 aromatic heterocycles. The van der Waals surface area contributed by atoms with Crippen LogP contribution in [0.5, 0.6) is 5.75 Å². The Morgan fingerprint density at radius 3 is 2.28 bits per heavy atom. The molecule has 0 bridgehead atoms. The third-order valence-electron chi connectivity index (χ3n) is 5.66. The van der Waals surface area contributed by atoms with Crippen molar-refractivity contribution in [1.82, 2.24) is 10.2 Å². The van der Waals surface area contributed by atoms with Crippen molar-refractivity contribution in [2.45, 2.75) is 26.5 Å². The number of carbonyl (C=O) groups excluding carboxylic acids is 1. The van der Waals surface area contributed by atoms with E-state index in [2.05, 4.69) is 5.32 Å². The minimum Gasteiger partial charge on any atom is -0.489 e. The fourth-order valence-corrected chi connectivity index (χ4v) is 4.40. The van der Waals surface area contributed by atoms with Crippen LogP contribution in [0.4, 0.5) is 0 Å². The number of Topliss-reactive ketones (excluding diaryl/α,β-unsaturated/α-hetero) is 1. The molecule has 0 saturated heterocycles. The molecule has 1 aliphatic rings. The number of rotatable bonds is 7. The molecule has 4 nitrogen and oxygen atoms in total. The lowest BCUT2D eigenvalue weighted by Gasteiger charge is -2.38. The maximum absolute atomic E-state index is 13.6. The lowest BCUT2D eigenvalue weighted by molar-refractivity contribution is 0.102. The van der Waals surface area contributed by atoms with Crippen molar-refractivity contribution in [3.63, 3.8) is 0 Å². The number of carbonyl (C=O) groups is 1. The highest BCUT2D eigenvalue weighted by atomic mass is 32.1. The molecule has 1 unspecified atom stereocenters. The summed E-state index contributed by atoms with van der Waals surface area (Å²) in [5.41, 5.74) is 4.18. The van der Waals surface area contributed by atoms with Gasteiger partial charge >= 0.3 is 0 Å². The Labute approximate surface area is 194 Å². The Hall–Kier alpha value is -3.44. The van der Waals surface area contributed by atoms with Gasteiger partial charge in [0.15, 0.2) is 10.9 Å². The molecule has 0 amide bonds. The summed E-state index contributed by atoms with van der Waals surface area (Å²) in [7, 11) is 0. The Kier molecular flexibility index (Phi) is 6.66. The molecule has 1 heterocycles. The van der Waals surface area contributed by atoms with E-state index in [9.17, 15) is 4.79 Å². The molecule has 3 aromatic carbocycles. The van der Waals surface area contributed by atoms with Crippen molar-refractivity contribution in [3.05, 3.63) is 113 Å². The van der Waals surface area contributed by atoms with Crippen molar-refractivity contribution in [1.29, 1.82) is 0 Å². The number of ketones is 1. The SMILES string of the molecule is CCN1C(=S)NC(c2ccccc2OCc2ccccc2)C(C(=O)c2ccccc2)=C1C. The minimum absolute atomic E-state index is 0.0144. The molecular formula is C27H26N2O2S. The summed E-state index contributed by atoms with van der Waals surface area (Å²) in [6, 6.07) is 26.8. The molecule has 0 spiro atoms. The number of thiocarbonyl (C=S) groups is 1. The first kappa shape index (κ1) is 21.8. The van der Waals surface area contributed by atoms with Gasteiger partial charge in [0.2, 0.25) is 0 Å². The summed E-state index contributed by atoms with van der Waals surface area (Å²) in [5.74, 6) is 0.715. The number of para-hydroxylation sites is 1.